The van der Waals surface area contributed by atoms with Crippen LogP contribution in [0.4, 0.5) is 0 Å². The predicted octanol–water partition coefficient (Wildman–Crippen LogP) is 4.67. The molecule has 8 heteroatoms. The highest BCUT2D eigenvalue weighted by atomic mass is 35.5. The van der Waals surface area contributed by atoms with Crippen molar-refractivity contribution in [1.82, 2.24) is 19.7 Å². The van der Waals surface area contributed by atoms with Crippen LogP contribution in [-0.4, -0.2) is 32.4 Å². The first-order valence-electron chi connectivity index (χ1n) is 8.97. The monoisotopic (exact) mass is 404 g/mol. The zero-order valence-electron chi connectivity index (χ0n) is 15.3. The van der Waals surface area contributed by atoms with Crippen LogP contribution in [0.2, 0.25) is 5.02 Å². The predicted molar refractivity (Wildman–Crippen MR) is 105 cm³/mol. The van der Waals surface area contributed by atoms with Crippen LogP contribution in [-0.2, 0) is 17.0 Å². The summed E-state index contributed by atoms with van der Waals surface area (Å²) < 4.78 is 13.4. The van der Waals surface area contributed by atoms with Crippen molar-refractivity contribution in [2.75, 3.05) is 6.61 Å². The number of imidazole rings is 1. The van der Waals surface area contributed by atoms with Gasteiger partial charge in [-0.1, -0.05) is 40.7 Å². The molecule has 3 heterocycles. The Hall–Kier alpha value is -1.83. The fourth-order valence-electron chi connectivity index (χ4n) is 3.13. The first-order chi connectivity index (χ1) is 13.1. The molecule has 27 heavy (non-hydrogen) atoms. The summed E-state index contributed by atoms with van der Waals surface area (Å²) in [7, 11) is 0. The number of aryl methyl sites for hydroxylation is 1. The summed E-state index contributed by atoms with van der Waals surface area (Å²) in [6.45, 7) is 5.83. The summed E-state index contributed by atoms with van der Waals surface area (Å²) in [5, 5.41) is 5.67. The zero-order valence-corrected chi connectivity index (χ0v) is 16.9. The molecule has 0 N–H and O–H groups in total. The molecule has 4 rings (SSSR count). The van der Waals surface area contributed by atoms with Gasteiger partial charge in [-0.2, -0.15) is 4.98 Å². The second-order valence-electron chi connectivity index (χ2n) is 6.62. The summed E-state index contributed by atoms with van der Waals surface area (Å²) in [5.41, 5.74) is 3.06. The van der Waals surface area contributed by atoms with E-state index >= 15 is 0 Å². The number of nitrogens with zero attached hydrogens (tertiary/aromatic N) is 4. The van der Waals surface area contributed by atoms with Gasteiger partial charge in [0.05, 0.1) is 24.1 Å². The molecule has 0 spiro atoms. The van der Waals surface area contributed by atoms with Crippen molar-refractivity contribution in [3.8, 4) is 11.4 Å². The lowest BCUT2D eigenvalue weighted by atomic mass is 10.2. The van der Waals surface area contributed by atoms with Gasteiger partial charge in [0.15, 0.2) is 5.16 Å². The van der Waals surface area contributed by atoms with E-state index in [-0.39, 0.29) is 6.10 Å². The fraction of sp³-hybridized carbons (Fsp3) is 0.421. The Bertz CT molecular complexity index is 934. The minimum atomic E-state index is 0.273. The van der Waals surface area contributed by atoms with E-state index in [0.717, 1.165) is 42.4 Å². The van der Waals surface area contributed by atoms with Crippen molar-refractivity contribution in [3.63, 3.8) is 0 Å². The number of halogens is 1. The average molecular weight is 405 g/mol. The Morgan fingerprint density at radius 2 is 2.19 bits per heavy atom. The van der Waals surface area contributed by atoms with Crippen LogP contribution < -0.4 is 0 Å². The average Bonchev–Trinajstić information content (AvgIpc) is 3.38. The van der Waals surface area contributed by atoms with Crippen molar-refractivity contribution in [1.29, 1.82) is 0 Å². The number of hydrogen-bond donors (Lipinski definition) is 0. The van der Waals surface area contributed by atoms with Gasteiger partial charge in [-0.05, 0) is 38.8 Å². The summed E-state index contributed by atoms with van der Waals surface area (Å²) in [6, 6.07) is 7.43. The standard InChI is InChI=1S/C19H21ClN4O2S/c1-12-13(2)24(10-16-7-4-8-25-16)19(21-12)27-11-17-22-18(23-26-17)14-5-3-6-15(20)9-14/h3,5-6,9,16H,4,7-8,10-11H2,1-2H3. The highest BCUT2D eigenvalue weighted by Crippen LogP contribution is 2.27. The molecular weight excluding hydrogens is 384 g/mol. The number of ether oxygens (including phenoxy) is 1. The van der Waals surface area contributed by atoms with Crippen LogP contribution in [0.1, 0.15) is 30.1 Å². The van der Waals surface area contributed by atoms with Gasteiger partial charge in [-0.25, -0.2) is 4.98 Å². The molecule has 3 aromatic rings. The SMILES string of the molecule is Cc1nc(SCc2nc(-c3cccc(Cl)c3)no2)n(CC2CCCO2)c1C. The van der Waals surface area contributed by atoms with Crippen molar-refractivity contribution in [3.05, 3.63) is 46.6 Å². The Morgan fingerprint density at radius 3 is 2.96 bits per heavy atom. The maximum Gasteiger partial charge on any atom is 0.237 e. The van der Waals surface area contributed by atoms with Crippen LogP contribution in [0.15, 0.2) is 33.9 Å². The molecule has 0 radical (unpaired) electrons. The molecule has 1 saturated heterocycles. The molecule has 1 unspecified atom stereocenters. The summed E-state index contributed by atoms with van der Waals surface area (Å²) >= 11 is 7.64. The summed E-state index contributed by atoms with van der Waals surface area (Å²) in [5.74, 6) is 1.68. The van der Waals surface area contributed by atoms with E-state index in [0.29, 0.717) is 22.5 Å². The molecule has 1 aromatic carbocycles. The second kappa shape index (κ2) is 8.04. The topological polar surface area (TPSA) is 66.0 Å². The Labute approximate surface area is 167 Å². The zero-order chi connectivity index (χ0) is 18.8. The Kier molecular flexibility index (Phi) is 5.52. The van der Waals surface area contributed by atoms with Gasteiger partial charge in [0, 0.05) is 22.9 Å². The minimum absolute atomic E-state index is 0.273. The van der Waals surface area contributed by atoms with E-state index < -0.39 is 0 Å². The van der Waals surface area contributed by atoms with E-state index in [2.05, 4.69) is 21.6 Å². The number of hydrogen-bond acceptors (Lipinski definition) is 6. The molecule has 0 amide bonds. The molecule has 2 aromatic heterocycles. The molecule has 0 saturated carbocycles. The molecule has 0 bridgehead atoms. The number of rotatable bonds is 6. The van der Waals surface area contributed by atoms with Crippen molar-refractivity contribution in [2.45, 2.75) is 50.2 Å². The molecule has 1 aliphatic heterocycles. The molecule has 1 aliphatic rings. The van der Waals surface area contributed by atoms with E-state index in [9.17, 15) is 0 Å². The van der Waals surface area contributed by atoms with E-state index in [1.165, 1.54) is 5.69 Å². The lowest BCUT2D eigenvalue weighted by Crippen LogP contribution is -2.16. The molecule has 0 aliphatic carbocycles. The van der Waals surface area contributed by atoms with Crippen LogP contribution in [0.25, 0.3) is 11.4 Å². The highest BCUT2D eigenvalue weighted by Gasteiger charge is 2.21. The Balaban J connectivity index is 1.47. The smallest absolute Gasteiger partial charge is 0.237 e. The molecular formula is C19H21ClN4O2S. The van der Waals surface area contributed by atoms with Crippen LogP contribution in [0.5, 0.6) is 0 Å². The maximum absolute atomic E-state index is 6.04. The third-order valence-corrected chi connectivity index (χ3v) is 5.90. The van der Waals surface area contributed by atoms with Gasteiger partial charge in [0.25, 0.3) is 0 Å². The van der Waals surface area contributed by atoms with Gasteiger partial charge >= 0.3 is 0 Å². The van der Waals surface area contributed by atoms with Crippen LogP contribution >= 0.6 is 23.4 Å². The van der Waals surface area contributed by atoms with Crippen LogP contribution in [0, 0.1) is 13.8 Å². The lowest BCUT2D eigenvalue weighted by molar-refractivity contribution is 0.0945. The van der Waals surface area contributed by atoms with E-state index in [1.807, 2.05) is 31.2 Å². The summed E-state index contributed by atoms with van der Waals surface area (Å²) in [6.07, 6.45) is 2.51. The minimum Gasteiger partial charge on any atom is -0.376 e. The van der Waals surface area contributed by atoms with Crippen LogP contribution in [0.3, 0.4) is 0 Å². The number of thioether (sulfide) groups is 1. The largest absolute Gasteiger partial charge is 0.376 e. The maximum atomic E-state index is 6.04. The van der Waals surface area contributed by atoms with Gasteiger partial charge in [0.1, 0.15) is 0 Å². The highest BCUT2D eigenvalue weighted by molar-refractivity contribution is 7.98. The van der Waals surface area contributed by atoms with E-state index in [1.54, 1.807) is 11.8 Å². The van der Waals surface area contributed by atoms with Gasteiger partial charge in [-0.3, -0.25) is 0 Å². The third kappa shape index (κ3) is 4.20. The quantitative estimate of drug-likeness (QED) is 0.556. The fourth-order valence-corrected chi connectivity index (χ4v) is 4.25. The lowest BCUT2D eigenvalue weighted by Gasteiger charge is -2.14. The molecule has 1 fully saturated rings. The van der Waals surface area contributed by atoms with Gasteiger partial charge < -0.3 is 13.8 Å². The van der Waals surface area contributed by atoms with Gasteiger partial charge in [-0.15, -0.1) is 0 Å². The third-order valence-electron chi connectivity index (χ3n) is 4.71. The molecule has 1 atom stereocenters. The first kappa shape index (κ1) is 18.5. The normalized spacial score (nSPS) is 16.9. The van der Waals surface area contributed by atoms with Crippen molar-refractivity contribution < 1.29 is 9.26 Å². The van der Waals surface area contributed by atoms with E-state index in [4.69, 9.17) is 25.8 Å². The first-order valence-corrected chi connectivity index (χ1v) is 10.3. The second-order valence-corrected chi connectivity index (χ2v) is 8.00. The molecule has 6 nitrogen and oxygen atoms in total. The molecule has 142 valence electrons. The van der Waals surface area contributed by atoms with Crippen molar-refractivity contribution in [2.24, 2.45) is 0 Å². The number of benzene rings is 1. The summed E-state index contributed by atoms with van der Waals surface area (Å²) in [4.78, 5) is 9.19. The van der Waals surface area contributed by atoms with Gasteiger partial charge in [0.2, 0.25) is 11.7 Å². The number of aromatic nitrogens is 4. The van der Waals surface area contributed by atoms with Crippen molar-refractivity contribution >= 4 is 23.4 Å². The Morgan fingerprint density at radius 1 is 1.30 bits per heavy atom.